The van der Waals surface area contributed by atoms with Crippen molar-refractivity contribution in [3.63, 3.8) is 0 Å². The maximum Gasteiger partial charge on any atom is 0.423 e. The smallest absolute Gasteiger partial charge is 0.423 e. The van der Waals surface area contributed by atoms with Gasteiger partial charge in [-0.2, -0.15) is 13.2 Å². The Morgan fingerprint density at radius 1 is 1.26 bits per heavy atom. The van der Waals surface area contributed by atoms with Crippen LogP contribution < -0.4 is 4.74 Å². The number of benzene rings is 1. The first-order valence-corrected chi connectivity index (χ1v) is 8.91. The summed E-state index contributed by atoms with van der Waals surface area (Å²) in [7, 11) is 3.09. The molecular formula is C19H29F3N2O3. The number of aliphatic imine (C=N–C) groups is 1. The highest BCUT2D eigenvalue weighted by molar-refractivity contribution is 5.65. The number of aliphatic hydroxyl groups is 1. The number of hydrogen-bond donors (Lipinski definition) is 1. The third-order valence-corrected chi connectivity index (χ3v) is 4.28. The molecule has 8 heteroatoms. The molecule has 0 aromatic heterocycles. The van der Waals surface area contributed by atoms with Crippen LogP contribution in [-0.2, 0) is 10.3 Å². The van der Waals surface area contributed by atoms with Crippen molar-refractivity contribution in [2.24, 2.45) is 4.99 Å². The van der Waals surface area contributed by atoms with Gasteiger partial charge in [0.15, 0.2) is 0 Å². The standard InChI is InChI=1S/C19H29F3N2O3/c1-6-8-9-27-12-18(25,19(20,21)22)15-10-14(3)16(11-17(15)26-5)23-13-24(4)7-2/h10-11,13,25H,6-9,12H2,1-5H3/b23-13-. The predicted molar refractivity (Wildman–Crippen MR) is 99.9 cm³/mol. The Kier molecular flexibility index (Phi) is 8.56. The lowest BCUT2D eigenvalue weighted by Crippen LogP contribution is -2.46. The Hall–Kier alpha value is -1.80. The van der Waals surface area contributed by atoms with Crippen LogP contribution in [0.4, 0.5) is 18.9 Å². The first kappa shape index (κ1) is 23.2. The van der Waals surface area contributed by atoms with Crippen LogP contribution in [0, 0.1) is 6.92 Å². The second-order valence-corrected chi connectivity index (χ2v) is 6.42. The highest BCUT2D eigenvalue weighted by atomic mass is 19.4. The van der Waals surface area contributed by atoms with E-state index < -0.39 is 18.4 Å². The van der Waals surface area contributed by atoms with Gasteiger partial charge in [-0.05, 0) is 31.9 Å². The van der Waals surface area contributed by atoms with Gasteiger partial charge >= 0.3 is 6.18 Å². The van der Waals surface area contributed by atoms with E-state index in [0.717, 1.165) is 13.0 Å². The minimum Gasteiger partial charge on any atom is -0.496 e. The van der Waals surface area contributed by atoms with E-state index in [1.807, 2.05) is 25.8 Å². The number of aryl methyl sites for hydroxylation is 1. The summed E-state index contributed by atoms with van der Waals surface area (Å²) in [6.45, 7) is 5.47. The molecule has 0 amide bonds. The Morgan fingerprint density at radius 3 is 2.44 bits per heavy atom. The maximum atomic E-state index is 13.7. The molecule has 0 aliphatic heterocycles. The summed E-state index contributed by atoms with van der Waals surface area (Å²) >= 11 is 0. The van der Waals surface area contributed by atoms with E-state index in [9.17, 15) is 18.3 Å². The van der Waals surface area contributed by atoms with Gasteiger partial charge in [0.1, 0.15) is 5.75 Å². The molecule has 1 aromatic rings. The summed E-state index contributed by atoms with van der Waals surface area (Å²) in [6, 6.07) is 2.65. The monoisotopic (exact) mass is 390 g/mol. The van der Waals surface area contributed by atoms with E-state index in [0.29, 0.717) is 17.7 Å². The van der Waals surface area contributed by atoms with Gasteiger partial charge in [-0.3, -0.25) is 0 Å². The Morgan fingerprint density at radius 2 is 1.93 bits per heavy atom. The summed E-state index contributed by atoms with van der Waals surface area (Å²) in [5.41, 5.74) is -2.59. The SMILES string of the molecule is CCCCOCC(O)(c1cc(C)c(/N=C\N(C)CC)cc1OC)C(F)(F)F. The second kappa shape index (κ2) is 9.94. The Bertz CT molecular complexity index is 635. The summed E-state index contributed by atoms with van der Waals surface area (Å²) in [6.07, 6.45) is -1.94. The number of nitrogens with zero attached hydrogens (tertiary/aromatic N) is 2. The summed E-state index contributed by atoms with van der Waals surface area (Å²) in [5.74, 6) is -0.0918. The summed E-state index contributed by atoms with van der Waals surface area (Å²) in [5, 5.41) is 10.5. The fourth-order valence-electron chi connectivity index (χ4n) is 2.33. The van der Waals surface area contributed by atoms with E-state index in [1.54, 1.807) is 13.3 Å². The molecule has 0 spiro atoms. The van der Waals surface area contributed by atoms with Crippen molar-refractivity contribution in [3.05, 3.63) is 23.3 Å². The van der Waals surface area contributed by atoms with Gasteiger partial charge in [0.05, 0.1) is 25.7 Å². The molecule has 1 N–H and O–H groups in total. The van der Waals surface area contributed by atoms with Crippen LogP contribution in [0.3, 0.4) is 0 Å². The third-order valence-electron chi connectivity index (χ3n) is 4.28. The largest absolute Gasteiger partial charge is 0.496 e. The number of alkyl halides is 3. The first-order chi connectivity index (χ1) is 12.6. The number of halogens is 3. The quantitative estimate of drug-likeness (QED) is 0.370. The third kappa shape index (κ3) is 5.84. The van der Waals surface area contributed by atoms with Crippen LogP contribution in [0.15, 0.2) is 17.1 Å². The van der Waals surface area contributed by atoms with Crippen LogP contribution in [0.1, 0.15) is 37.8 Å². The van der Waals surface area contributed by atoms with E-state index in [4.69, 9.17) is 9.47 Å². The lowest BCUT2D eigenvalue weighted by Gasteiger charge is -2.32. The lowest BCUT2D eigenvalue weighted by molar-refractivity contribution is -0.282. The fraction of sp³-hybridized carbons (Fsp3) is 0.632. The number of methoxy groups -OCH3 is 1. The Balaban J connectivity index is 3.33. The van der Waals surface area contributed by atoms with Gasteiger partial charge in [0.25, 0.3) is 0 Å². The molecule has 0 heterocycles. The number of rotatable bonds is 10. The first-order valence-electron chi connectivity index (χ1n) is 8.91. The van der Waals surface area contributed by atoms with E-state index in [-0.39, 0.29) is 17.9 Å². The minimum absolute atomic E-state index is 0.0918. The highest BCUT2D eigenvalue weighted by Crippen LogP contribution is 2.45. The van der Waals surface area contributed by atoms with E-state index in [2.05, 4.69) is 4.99 Å². The van der Waals surface area contributed by atoms with Crippen LogP contribution in [0.5, 0.6) is 5.75 Å². The molecule has 0 fully saturated rings. The van der Waals surface area contributed by atoms with Crippen molar-refractivity contribution in [2.75, 3.05) is 33.9 Å². The molecule has 0 saturated carbocycles. The van der Waals surface area contributed by atoms with Crippen LogP contribution in [0.25, 0.3) is 0 Å². The molecule has 0 aliphatic carbocycles. The zero-order chi connectivity index (χ0) is 20.7. The molecule has 1 unspecified atom stereocenters. The molecule has 5 nitrogen and oxygen atoms in total. The van der Waals surface area contributed by atoms with Crippen LogP contribution in [-0.4, -0.2) is 56.4 Å². The molecule has 0 saturated heterocycles. The van der Waals surface area contributed by atoms with Crippen LogP contribution >= 0.6 is 0 Å². The average molecular weight is 390 g/mol. The highest BCUT2D eigenvalue weighted by Gasteiger charge is 2.56. The Labute approximate surface area is 158 Å². The zero-order valence-corrected chi connectivity index (χ0v) is 16.6. The number of ether oxygens (including phenoxy) is 2. The molecule has 1 atom stereocenters. The summed E-state index contributed by atoms with van der Waals surface area (Å²) in [4.78, 5) is 6.11. The van der Waals surface area contributed by atoms with Crippen molar-refractivity contribution < 1.29 is 27.8 Å². The van der Waals surface area contributed by atoms with Crippen molar-refractivity contribution in [3.8, 4) is 5.75 Å². The van der Waals surface area contributed by atoms with Gasteiger partial charge in [0.2, 0.25) is 5.60 Å². The predicted octanol–water partition coefficient (Wildman–Crippen LogP) is 4.18. The molecule has 1 aromatic carbocycles. The number of hydrogen-bond acceptors (Lipinski definition) is 4. The zero-order valence-electron chi connectivity index (χ0n) is 16.6. The molecular weight excluding hydrogens is 361 g/mol. The fourth-order valence-corrected chi connectivity index (χ4v) is 2.33. The van der Waals surface area contributed by atoms with Crippen molar-refractivity contribution in [1.29, 1.82) is 0 Å². The molecule has 0 radical (unpaired) electrons. The van der Waals surface area contributed by atoms with E-state index in [1.165, 1.54) is 19.2 Å². The van der Waals surface area contributed by atoms with Crippen molar-refractivity contribution in [2.45, 2.75) is 45.4 Å². The molecule has 0 bridgehead atoms. The van der Waals surface area contributed by atoms with Gasteiger partial charge in [-0.15, -0.1) is 0 Å². The topological polar surface area (TPSA) is 54.3 Å². The molecule has 1 rings (SSSR count). The molecule has 154 valence electrons. The molecule has 0 aliphatic rings. The molecule has 27 heavy (non-hydrogen) atoms. The maximum absolute atomic E-state index is 13.7. The number of unbranched alkanes of at least 4 members (excludes halogenated alkanes) is 1. The van der Waals surface area contributed by atoms with Crippen molar-refractivity contribution in [1.82, 2.24) is 4.90 Å². The van der Waals surface area contributed by atoms with Crippen LogP contribution in [0.2, 0.25) is 0 Å². The van der Waals surface area contributed by atoms with Crippen molar-refractivity contribution >= 4 is 12.0 Å². The van der Waals surface area contributed by atoms with Gasteiger partial charge in [-0.25, -0.2) is 4.99 Å². The average Bonchev–Trinajstić information content (AvgIpc) is 2.62. The summed E-state index contributed by atoms with van der Waals surface area (Å²) < 4.78 is 51.4. The van der Waals surface area contributed by atoms with Gasteiger partial charge in [-0.1, -0.05) is 13.3 Å². The lowest BCUT2D eigenvalue weighted by atomic mass is 9.91. The van der Waals surface area contributed by atoms with E-state index >= 15 is 0 Å². The van der Waals surface area contributed by atoms with Gasteiger partial charge < -0.3 is 19.5 Å². The minimum atomic E-state index is -4.92. The normalized spacial score (nSPS) is 14.4. The second-order valence-electron chi connectivity index (χ2n) is 6.42. The van der Waals surface area contributed by atoms with Gasteiger partial charge in [0, 0.05) is 31.8 Å².